The fourth-order valence-electron chi connectivity index (χ4n) is 2.88. The molecule has 1 saturated heterocycles. The Kier molecular flexibility index (Phi) is 6.18. The molecule has 0 aliphatic carbocycles. The maximum absolute atomic E-state index is 12.5. The Bertz CT molecular complexity index is 583. The van der Waals surface area contributed by atoms with E-state index in [9.17, 15) is 9.59 Å². The van der Waals surface area contributed by atoms with Crippen LogP contribution in [-0.4, -0.2) is 42.9 Å². The minimum atomic E-state index is -0.214. The van der Waals surface area contributed by atoms with Crippen molar-refractivity contribution in [2.75, 3.05) is 25.5 Å². The molecule has 1 unspecified atom stereocenters. The molecule has 23 heavy (non-hydrogen) atoms. The van der Waals surface area contributed by atoms with E-state index in [0.29, 0.717) is 0 Å². The molecular weight excluding hydrogens is 358 g/mol. The number of benzene rings is 1. The normalized spacial score (nSPS) is 17.6. The Balaban J connectivity index is 1.92. The Labute approximate surface area is 145 Å². The number of aryl methyl sites for hydroxylation is 1. The lowest BCUT2D eigenvalue weighted by atomic mass is 9.95. The average Bonchev–Trinajstić information content (AvgIpc) is 2.56. The largest absolute Gasteiger partial charge is 0.359 e. The summed E-state index contributed by atoms with van der Waals surface area (Å²) in [5.41, 5.74) is 1.92. The summed E-state index contributed by atoms with van der Waals surface area (Å²) in [7, 11) is 1.67. The van der Waals surface area contributed by atoms with Crippen LogP contribution in [0.4, 0.5) is 5.69 Å². The maximum atomic E-state index is 12.5. The van der Waals surface area contributed by atoms with Gasteiger partial charge in [-0.15, -0.1) is 0 Å². The minimum Gasteiger partial charge on any atom is -0.359 e. The van der Waals surface area contributed by atoms with E-state index in [1.165, 1.54) is 0 Å². The Morgan fingerprint density at radius 2 is 1.96 bits per heavy atom. The highest BCUT2D eigenvalue weighted by molar-refractivity contribution is 9.10. The van der Waals surface area contributed by atoms with Gasteiger partial charge < -0.3 is 10.6 Å². The summed E-state index contributed by atoms with van der Waals surface area (Å²) >= 11 is 3.48. The van der Waals surface area contributed by atoms with Gasteiger partial charge in [-0.2, -0.15) is 0 Å². The van der Waals surface area contributed by atoms with Crippen molar-refractivity contribution < 1.29 is 9.59 Å². The summed E-state index contributed by atoms with van der Waals surface area (Å²) in [5, 5.41) is 5.68. The number of anilines is 1. The molecule has 1 atom stereocenters. The molecule has 1 fully saturated rings. The predicted molar refractivity (Wildman–Crippen MR) is 95.3 cm³/mol. The van der Waals surface area contributed by atoms with Crippen LogP contribution in [0.5, 0.6) is 0 Å². The molecular formula is C17H24BrN3O2. The second kappa shape index (κ2) is 7.93. The van der Waals surface area contributed by atoms with Crippen LogP contribution in [0.3, 0.4) is 0 Å². The second-order valence-corrected chi connectivity index (χ2v) is 6.93. The first-order valence-electron chi connectivity index (χ1n) is 7.95. The molecule has 0 spiro atoms. The number of halogens is 1. The Hall–Kier alpha value is -1.40. The highest BCUT2D eigenvalue weighted by atomic mass is 79.9. The van der Waals surface area contributed by atoms with E-state index >= 15 is 0 Å². The first kappa shape index (κ1) is 17.9. The van der Waals surface area contributed by atoms with Gasteiger partial charge in [0.15, 0.2) is 0 Å². The number of likely N-dealkylation sites (tertiary alicyclic amines) is 1. The van der Waals surface area contributed by atoms with E-state index in [-0.39, 0.29) is 23.8 Å². The summed E-state index contributed by atoms with van der Waals surface area (Å²) < 4.78 is 0.886. The quantitative estimate of drug-likeness (QED) is 0.842. The number of nitrogens with zero attached hydrogens (tertiary/aromatic N) is 1. The van der Waals surface area contributed by atoms with Gasteiger partial charge in [-0.05, 0) is 73.4 Å². The zero-order valence-electron chi connectivity index (χ0n) is 13.9. The molecule has 1 aromatic carbocycles. The van der Waals surface area contributed by atoms with Crippen molar-refractivity contribution in [1.29, 1.82) is 0 Å². The fraction of sp³-hybridized carbons (Fsp3) is 0.529. The van der Waals surface area contributed by atoms with Gasteiger partial charge in [0, 0.05) is 17.4 Å². The number of piperidine rings is 1. The van der Waals surface area contributed by atoms with Gasteiger partial charge in [-0.25, -0.2) is 0 Å². The zero-order valence-corrected chi connectivity index (χ0v) is 15.4. The van der Waals surface area contributed by atoms with E-state index in [0.717, 1.165) is 41.7 Å². The molecule has 2 N–H and O–H groups in total. The second-order valence-electron chi connectivity index (χ2n) is 6.07. The fourth-order valence-corrected chi connectivity index (χ4v) is 3.47. The average molecular weight is 382 g/mol. The molecule has 1 aliphatic heterocycles. The summed E-state index contributed by atoms with van der Waals surface area (Å²) in [6, 6.07) is 5.64. The summed E-state index contributed by atoms with van der Waals surface area (Å²) in [5.74, 6) is 0.149. The minimum absolute atomic E-state index is 0.0204. The molecule has 5 nitrogen and oxygen atoms in total. The standard InChI is InChI=1S/C17H24BrN3O2/c1-11-4-5-15(14(18)10-11)20-16(22)12(2)21-8-6-13(7-9-21)17(23)19-3/h4-5,10,12-13H,6-9H2,1-3H3,(H,19,23)(H,20,22). The van der Waals surface area contributed by atoms with E-state index < -0.39 is 0 Å². The van der Waals surface area contributed by atoms with Crippen LogP contribution in [0, 0.1) is 12.8 Å². The maximum Gasteiger partial charge on any atom is 0.241 e. The van der Waals surface area contributed by atoms with Gasteiger partial charge in [0.2, 0.25) is 11.8 Å². The number of nitrogens with one attached hydrogen (secondary N) is 2. The van der Waals surface area contributed by atoms with E-state index in [1.54, 1.807) is 7.05 Å². The number of carbonyl (C=O) groups is 2. The molecule has 2 rings (SSSR count). The van der Waals surface area contributed by atoms with Crippen molar-refractivity contribution in [2.24, 2.45) is 5.92 Å². The number of hydrogen-bond donors (Lipinski definition) is 2. The smallest absolute Gasteiger partial charge is 0.241 e. The van der Waals surface area contributed by atoms with Gasteiger partial charge in [-0.1, -0.05) is 6.07 Å². The first-order chi connectivity index (χ1) is 10.9. The summed E-state index contributed by atoms with van der Waals surface area (Å²) in [4.78, 5) is 26.3. The van der Waals surface area contributed by atoms with E-state index in [1.807, 2.05) is 32.0 Å². The van der Waals surface area contributed by atoms with Crippen molar-refractivity contribution in [3.05, 3.63) is 28.2 Å². The lowest BCUT2D eigenvalue weighted by Crippen LogP contribution is -2.47. The highest BCUT2D eigenvalue weighted by Gasteiger charge is 2.29. The van der Waals surface area contributed by atoms with Crippen LogP contribution in [0.1, 0.15) is 25.3 Å². The van der Waals surface area contributed by atoms with Crippen LogP contribution in [0.15, 0.2) is 22.7 Å². The summed E-state index contributed by atoms with van der Waals surface area (Å²) in [6.45, 7) is 5.46. The van der Waals surface area contributed by atoms with Crippen molar-refractivity contribution in [3.8, 4) is 0 Å². The molecule has 0 radical (unpaired) electrons. The van der Waals surface area contributed by atoms with Crippen LogP contribution in [0.2, 0.25) is 0 Å². The molecule has 1 heterocycles. The molecule has 1 aliphatic rings. The van der Waals surface area contributed by atoms with Crippen LogP contribution >= 0.6 is 15.9 Å². The third-order valence-corrected chi connectivity index (χ3v) is 5.11. The van der Waals surface area contributed by atoms with E-state index in [4.69, 9.17) is 0 Å². The molecule has 0 bridgehead atoms. The van der Waals surface area contributed by atoms with E-state index in [2.05, 4.69) is 31.5 Å². The summed E-state index contributed by atoms with van der Waals surface area (Å²) in [6.07, 6.45) is 1.59. The number of rotatable bonds is 4. The SMILES string of the molecule is CNC(=O)C1CCN(C(C)C(=O)Nc2ccc(C)cc2Br)CC1. The monoisotopic (exact) mass is 381 g/mol. The third kappa shape index (κ3) is 4.54. The van der Waals surface area contributed by atoms with Crippen LogP contribution in [0.25, 0.3) is 0 Å². The van der Waals surface area contributed by atoms with Gasteiger partial charge in [0.1, 0.15) is 0 Å². The first-order valence-corrected chi connectivity index (χ1v) is 8.74. The zero-order chi connectivity index (χ0) is 17.0. The van der Waals surface area contributed by atoms with Crippen molar-refractivity contribution in [3.63, 3.8) is 0 Å². The molecule has 1 aromatic rings. The van der Waals surface area contributed by atoms with Crippen molar-refractivity contribution in [1.82, 2.24) is 10.2 Å². The molecule has 6 heteroatoms. The molecule has 2 amide bonds. The Morgan fingerprint density at radius 3 is 2.52 bits per heavy atom. The third-order valence-electron chi connectivity index (χ3n) is 4.46. The predicted octanol–water partition coefficient (Wildman–Crippen LogP) is 2.54. The lowest BCUT2D eigenvalue weighted by molar-refractivity contribution is -0.126. The van der Waals surface area contributed by atoms with Crippen LogP contribution in [-0.2, 0) is 9.59 Å². The molecule has 0 saturated carbocycles. The molecule has 0 aromatic heterocycles. The number of hydrogen-bond acceptors (Lipinski definition) is 3. The Morgan fingerprint density at radius 1 is 1.30 bits per heavy atom. The topological polar surface area (TPSA) is 61.4 Å². The highest BCUT2D eigenvalue weighted by Crippen LogP contribution is 2.24. The number of carbonyl (C=O) groups excluding carboxylic acids is 2. The van der Waals surface area contributed by atoms with Crippen LogP contribution < -0.4 is 10.6 Å². The van der Waals surface area contributed by atoms with Gasteiger partial charge in [-0.3, -0.25) is 14.5 Å². The van der Waals surface area contributed by atoms with Gasteiger partial charge in [0.05, 0.1) is 11.7 Å². The van der Waals surface area contributed by atoms with Gasteiger partial charge >= 0.3 is 0 Å². The van der Waals surface area contributed by atoms with Crippen molar-refractivity contribution >= 4 is 33.4 Å². The lowest BCUT2D eigenvalue weighted by Gasteiger charge is -2.34. The van der Waals surface area contributed by atoms with Gasteiger partial charge in [0.25, 0.3) is 0 Å². The van der Waals surface area contributed by atoms with Crippen molar-refractivity contribution in [2.45, 2.75) is 32.7 Å². The molecule has 126 valence electrons. The number of amides is 2.